The van der Waals surface area contributed by atoms with Crippen molar-refractivity contribution in [2.75, 3.05) is 6.61 Å². The van der Waals surface area contributed by atoms with E-state index in [4.69, 9.17) is 9.47 Å². The van der Waals surface area contributed by atoms with Crippen molar-refractivity contribution < 1.29 is 14.6 Å². The van der Waals surface area contributed by atoms with Gasteiger partial charge in [0.2, 0.25) is 5.75 Å². The molecule has 0 bridgehead atoms. The third-order valence-corrected chi connectivity index (χ3v) is 3.07. The minimum absolute atomic E-state index is 0.0961. The average Bonchev–Trinajstić information content (AvgIpc) is 2.50. The molecule has 0 heterocycles. The van der Waals surface area contributed by atoms with Gasteiger partial charge in [-0.15, -0.1) is 0 Å². The molecule has 0 spiro atoms. The molecule has 1 radical (unpaired) electrons. The Bertz CT molecular complexity index is 561. The van der Waals surface area contributed by atoms with E-state index in [1.807, 2.05) is 36.4 Å². The quantitative estimate of drug-likeness (QED) is 0.686. The molecular weight excluding hydrogens is 264 g/mol. The molecule has 3 nitrogen and oxygen atoms in total. The van der Waals surface area contributed by atoms with Crippen LogP contribution in [0.25, 0.3) is 0 Å². The zero-order valence-electron chi connectivity index (χ0n) is 12.6. The minimum atomic E-state index is -0.0961. The van der Waals surface area contributed by atoms with E-state index >= 15 is 0 Å². The van der Waals surface area contributed by atoms with E-state index < -0.39 is 0 Å². The average molecular weight is 285 g/mol. The Morgan fingerprint density at radius 2 is 1.62 bits per heavy atom. The fourth-order valence-corrected chi connectivity index (χ4v) is 2.03. The van der Waals surface area contributed by atoms with Gasteiger partial charge in [-0.3, -0.25) is 5.11 Å². The smallest absolute Gasteiger partial charge is 0.221 e. The molecule has 2 aromatic rings. The molecule has 0 amide bonds. The van der Waals surface area contributed by atoms with E-state index in [1.54, 1.807) is 6.07 Å². The molecule has 0 aromatic heterocycles. The summed E-state index contributed by atoms with van der Waals surface area (Å²) < 4.78 is 11.2. The van der Waals surface area contributed by atoms with Gasteiger partial charge in [-0.05, 0) is 54.8 Å². The highest BCUT2D eigenvalue weighted by Gasteiger charge is 2.07. The minimum Gasteiger partial charge on any atom is -0.494 e. The Hall–Kier alpha value is -2.16. The van der Waals surface area contributed by atoms with Crippen molar-refractivity contribution in [2.24, 2.45) is 0 Å². The van der Waals surface area contributed by atoms with Crippen molar-refractivity contribution in [1.29, 1.82) is 0 Å². The van der Waals surface area contributed by atoms with Crippen LogP contribution in [-0.4, -0.2) is 6.61 Å². The standard InChI is InChI=1S/C18H21O3/c1-3-5-14-6-11-17(19)18(13-14)21-16-9-7-15(8-10-16)20-12-4-2/h6-11,13H,3-5,12H2,1-2H3. The number of hydrogen-bond donors (Lipinski definition) is 0. The van der Waals surface area contributed by atoms with Gasteiger partial charge in [-0.1, -0.05) is 26.3 Å². The van der Waals surface area contributed by atoms with Gasteiger partial charge in [0.25, 0.3) is 0 Å². The first-order valence-electron chi connectivity index (χ1n) is 7.43. The molecule has 111 valence electrons. The van der Waals surface area contributed by atoms with Crippen molar-refractivity contribution in [3.63, 3.8) is 0 Å². The number of ether oxygens (including phenoxy) is 2. The summed E-state index contributed by atoms with van der Waals surface area (Å²) in [5.41, 5.74) is 1.12. The van der Waals surface area contributed by atoms with Crippen LogP contribution in [0.1, 0.15) is 32.3 Å². The van der Waals surface area contributed by atoms with Crippen LogP contribution in [0, 0.1) is 0 Å². The second-order valence-corrected chi connectivity index (χ2v) is 4.95. The van der Waals surface area contributed by atoms with Gasteiger partial charge < -0.3 is 9.47 Å². The second kappa shape index (κ2) is 7.58. The van der Waals surface area contributed by atoms with Crippen LogP contribution in [0.5, 0.6) is 23.0 Å². The van der Waals surface area contributed by atoms with E-state index in [0.717, 1.165) is 30.6 Å². The summed E-state index contributed by atoms with van der Waals surface area (Å²) in [5, 5.41) is 11.8. The van der Waals surface area contributed by atoms with Crippen LogP contribution in [-0.2, 0) is 11.5 Å². The highest BCUT2D eigenvalue weighted by atomic mass is 16.5. The zero-order valence-corrected chi connectivity index (χ0v) is 12.6. The van der Waals surface area contributed by atoms with Gasteiger partial charge in [0.1, 0.15) is 11.5 Å². The maximum absolute atomic E-state index is 11.8. The lowest BCUT2D eigenvalue weighted by Crippen LogP contribution is -1.94. The highest BCUT2D eigenvalue weighted by Crippen LogP contribution is 2.33. The second-order valence-electron chi connectivity index (χ2n) is 4.95. The third kappa shape index (κ3) is 4.42. The van der Waals surface area contributed by atoms with Crippen LogP contribution in [0.2, 0.25) is 0 Å². The summed E-state index contributed by atoms with van der Waals surface area (Å²) in [6.07, 6.45) is 2.96. The van der Waals surface area contributed by atoms with Crippen molar-refractivity contribution in [1.82, 2.24) is 0 Å². The molecule has 0 unspecified atom stereocenters. The Kier molecular flexibility index (Phi) is 5.50. The van der Waals surface area contributed by atoms with Crippen LogP contribution in [0.3, 0.4) is 0 Å². The molecule has 0 aliphatic rings. The maximum Gasteiger partial charge on any atom is 0.221 e. The van der Waals surface area contributed by atoms with E-state index in [0.29, 0.717) is 18.1 Å². The first-order valence-corrected chi connectivity index (χ1v) is 7.43. The fraction of sp³-hybridized carbons (Fsp3) is 0.333. The van der Waals surface area contributed by atoms with E-state index in [9.17, 15) is 5.11 Å². The lowest BCUT2D eigenvalue weighted by atomic mass is 10.1. The molecule has 0 N–H and O–H groups in total. The monoisotopic (exact) mass is 285 g/mol. The van der Waals surface area contributed by atoms with Crippen LogP contribution >= 0.6 is 0 Å². The predicted molar refractivity (Wildman–Crippen MR) is 82.9 cm³/mol. The molecule has 2 aromatic carbocycles. The Labute approximate surface area is 126 Å². The highest BCUT2D eigenvalue weighted by molar-refractivity contribution is 5.45. The maximum atomic E-state index is 11.8. The Morgan fingerprint density at radius 1 is 0.905 bits per heavy atom. The SMILES string of the molecule is CCCOc1ccc(Oc2cc(CCC)ccc2[O])cc1. The Morgan fingerprint density at radius 3 is 2.29 bits per heavy atom. The largest absolute Gasteiger partial charge is 0.494 e. The lowest BCUT2D eigenvalue weighted by molar-refractivity contribution is 0.316. The number of hydrogen-bond acceptors (Lipinski definition) is 2. The molecule has 0 aliphatic heterocycles. The van der Waals surface area contributed by atoms with Gasteiger partial charge in [0.15, 0.2) is 5.75 Å². The van der Waals surface area contributed by atoms with Gasteiger partial charge in [0, 0.05) is 0 Å². The Balaban J connectivity index is 2.08. The summed E-state index contributed by atoms with van der Waals surface area (Å²) >= 11 is 0. The van der Waals surface area contributed by atoms with Crippen LogP contribution in [0.15, 0.2) is 42.5 Å². The normalized spacial score (nSPS) is 10.4. The summed E-state index contributed by atoms with van der Waals surface area (Å²) in [7, 11) is 0. The number of rotatable bonds is 7. The van der Waals surface area contributed by atoms with Gasteiger partial charge in [0.05, 0.1) is 6.61 Å². The summed E-state index contributed by atoms with van der Waals surface area (Å²) in [6, 6.07) is 12.6. The molecule has 21 heavy (non-hydrogen) atoms. The van der Waals surface area contributed by atoms with Crippen LogP contribution in [0.4, 0.5) is 0 Å². The van der Waals surface area contributed by atoms with Crippen molar-refractivity contribution in [2.45, 2.75) is 33.1 Å². The van der Waals surface area contributed by atoms with Gasteiger partial charge in [-0.25, -0.2) is 0 Å². The molecule has 0 saturated carbocycles. The number of benzene rings is 2. The molecule has 0 saturated heterocycles. The third-order valence-electron chi connectivity index (χ3n) is 3.07. The van der Waals surface area contributed by atoms with Crippen LogP contribution < -0.4 is 9.47 Å². The van der Waals surface area contributed by atoms with Gasteiger partial charge >= 0.3 is 0 Å². The van der Waals surface area contributed by atoms with E-state index in [2.05, 4.69) is 13.8 Å². The summed E-state index contributed by atoms with van der Waals surface area (Å²) in [4.78, 5) is 0. The van der Waals surface area contributed by atoms with Crippen molar-refractivity contribution in [3.8, 4) is 23.0 Å². The van der Waals surface area contributed by atoms with Crippen molar-refractivity contribution >= 4 is 0 Å². The first-order chi connectivity index (χ1) is 10.2. The lowest BCUT2D eigenvalue weighted by Gasteiger charge is -2.09. The molecule has 3 heteroatoms. The molecule has 0 aliphatic carbocycles. The van der Waals surface area contributed by atoms with E-state index in [-0.39, 0.29) is 5.75 Å². The van der Waals surface area contributed by atoms with Gasteiger partial charge in [-0.2, -0.15) is 0 Å². The zero-order chi connectivity index (χ0) is 15.1. The molecule has 0 atom stereocenters. The topological polar surface area (TPSA) is 38.4 Å². The fourth-order valence-electron chi connectivity index (χ4n) is 2.03. The number of aryl methyl sites for hydroxylation is 1. The molecule has 0 fully saturated rings. The van der Waals surface area contributed by atoms with E-state index in [1.165, 1.54) is 0 Å². The molecule has 2 rings (SSSR count). The first kappa shape index (κ1) is 15.2. The van der Waals surface area contributed by atoms with Crippen molar-refractivity contribution in [3.05, 3.63) is 48.0 Å². The summed E-state index contributed by atoms with van der Waals surface area (Å²) in [6.45, 7) is 4.88. The predicted octanol–water partition coefficient (Wildman–Crippen LogP) is 5.36. The summed E-state index contributed by atoms with van der Waals surface area (Å²) in [5.74, 6) is 1.74. The molecular formula is C18H21O3.